The average molecular weight is 411 g/mol. The molecule has 2 aromatic rings. The first kappa shape index (κ1) is 17.1. The third-order valence-electron chi connectivity index (χ3n) is 3.79. The summed E-state index contributed by atoms with van der Waals surface area (Å²) in [6.07, 6.45) is 0. The molecule has 2 aromatic carbocycles. The van der Waals surface area contributed by atoms with Crippen LogP contribution in [0.1, 0.15) is 34.8 Å². The third kappa shape index (κ3) is 4.63. The van der Waals surface area contributed by atoms with E-state index >= 15 is 0 Å². The molecular formula is C19H24IO2-. The Bertz CT molecular complexity index is 580. The normalized spacial score (nSPS) is 13.6. The van der Waals surface area contributed by atoms with E-state index in [0.29, 0.717) is 9.84 Å². The summed E-state index contributed by atoms with van der Waals surface area (Å²) in [4.78, 5) is 0. The van der Waals surface area contributed by atoms with Crippen molar-refractivity contribution < 1.29 is 30.7 Å². The summed E-state index contributed by atoms with van der Waals surface area (Å²) < 4.78 is 12.5. The Morgan fingerprint density at radius 3 is 2.18 bits per heavy atom. The van der Waals surface area contributed by atoms with E-state index in [9.17, 15) is 0 Å². The van der Waals surface area contributed by atoms with E-state index in [1.165, 1.54) is 15.6 Å². The number of ether oxygens (including phenoxy) is 2. The monoisotopic (exact) mass is 411 g/mol. The van der Waals surface area contributed by atoms with Crippen molar-refractivity contribution in [3.05, 3.63) is 59.7 Å². The number of hydrogen-bond donors (Lipinski definition) is 0. The molecule has 0 fully saturated rings. The van der Waals surface area contributed by atoms with Crippen LogP contribution < -0.4 is 30.7 Å². The van der Waals surface area contributed by atoms with Gasteiger partial charge in [-0.15, -0.1) is 0 Å². The van der Waals surface area contributed by atoms with Crippen LogP contribution in [0.2, 0.25) is 0 Å². The molecule has 2 nitrogen and oxygen atoms in total. The summed E-state index contributed by atoms with van der Waals surface area (Å²) in [5.74, 6) is 2.47. The van der Waals surface area contributed by atoms with Gasteiger partial charge in [0, 0.05) is 0 Å². The van der Waals surface area contributed by atoms with Crippen molar-refractivity contribution in [2.75, 3.05) is 18.6 Å². The van der Waals surface area contributed by atoms with Gasteiger partial charge in [-0.05, 0) is 0 Å². The Labute approximate surface area is 144 Å². The Kier molecular flexibility index (Phi) is 6.55. The summed E-state index contributed by atoms with van der Waals surface area (Å²) in [6.45, 7) is 4.66. The van der Waals surface area contributed by atoms with Crippen molar-refractivity contribution in [3.8, 4) is 11.5 Å². The number of alkyl halides is 2. The molecule has 2 unspecified atom stereocenters. The van der Waals surface area contributed by atoms with Gasteiger partial charge in [0.2, 0.25) is 0 Å². The summed E-state index contributed by atoms with van der Waals surface area (Å²) in [6, 6.07) is 16.9. The van der Waals surface area contributed by atoms with Gasteiger partial charge in [0.1, 0.15) is 0 Å². The van der Waals surface area contributed by atoms with Crippen LogP contribution in [0, 0.1) is 0 Å². The van der Waals surface area contributed by atoms with E-state index in [-0.39, 0.29) is 21.2 Å². The molecule has 3 heteroatoms. The van der Waals surface area contributed by atoms with Crippen molar-refractivity contribution >= 4 is 0 Å². The predicted molar refractivity (Wildman–Crippen MR) is 87.7 cm³/mol. The number of methoxy groups -OCH3 is 2. The molecule has 2 rings (SSSR count). The maximum atomic E-state index is 5.32. The van der Waals surface area contributed by atoms with E-state index in [2.05, 4.69) is 56.3 Å². The Balaban J connectivity index is 1.92. The maximum absolute atomic E-state index is 5.32. The summed E-state index contributed by atoms with van der Waals surface area (Å²) in [5.41, 5.74) is 2.80. The second-order valence-electron chi connectivity index (χ2n) is 5.38. The standard InChI is InChI=1S/C19H24IO2/c1-14(17-6-5-7-19(12-17)22-4)13-20-15(2)16-8-10-18(21-3)11-9-16/h5-12,14-15H,13H2,1-4H3/q-1. The number of halogens is 1. The predicted octanol–water partition coefficient (Wildman–Crippen LogP) is 1.66. The molecule has 0 spiro atoms. The Hall–Kier alpha value is -1.23. The molecular weight excluding hydrogens is 387 g/mol. The van der Waals surface area contributed by atoms with Gasteiger partial charge in [-0.25, -0.2) is 0 Å². The van der Waals surface area contributed by atoms with Crippen LogP contribution in [-0.4, -0.2) is 18.6 Å². The fraction of sp³-hybridized carbons (Fsp3) is 0.368. The second kappa shape index (κ2) is 8.42. The number of benzene rings is 2. The van der Waals surface area contributed by atoms with Gasteiger partial charge >= 0.3 is 144 Å². The zero-order valence-corrected chi connectivity index (χ0v) is 15.8. The minimum atomic E-state index is 0.107. The van der Waals surface area contributed by atoms with E-state index in [4.69, 9.17) is 9.47 Å². The van der Waals surface area contributed by atoms with Gasteiger partial charge in [-0.2, -0.15) is 0 Å². The molecule has 22 heavy (non-hydrogen) atoms. The van der Waals surface area contributed by atoms with Crippen LogP contribution in [0.3, 0.4) is 0 Å². The van der Waals surface area contributed by atoms with E-state index in [0.717, 1.165) is 11.5 Å². The topological polar surface area (TPSA) is 18.5 Å². The molecule has 0 N–H and O–H groups in total. The van der Waals surface area contributed by atoms with E-state index in [1.807, 2.05) is 6.07 Å². The molecule has 120 valence electrons. The third-order valence-corrected chi connectivity index (χ3v) is 7.66. The SMILES string of the molecule is COc1ccc(C(C)[I-]CC(C)c2cccc(OC)c2)cc1. The summed E-state index contributed by atoms with van der Waals surface area (Å²) in [7, 11) is 3.43. The van der Waals surface area contributed by atoms with Crippen LogP contribution in [0.5, 0.6) is 11.5 Å². The van der Waals surface area contributed by atoms with Crippen molar-refractivity contribution in [2.24, 2.45) is 0 Å². The van der Waals surface area contributed by atoms with Gasteiger partial charge in [0.15, 0.2) is 0 Å². The van der Waals surface area contributed by atoms with Crippen LogP contribution in [-0.2, 0) is 0 Å². The summed E-state index contributed by atoms with van der Waals surface area (Å²) in [5, 5.41) is 0. The van der Waals surface area contributed by atoms with Crippen LogP contribution in [0.15, 0.2) is 48.5 Å². The Morgan fingerprint density at radius 2 is 1.55 bits per heavy atom. The molecule has 0 aliphatic heterocycles. The van der Waals surface area contributed by atoms with Crippen LogP contribution >= 0.6 is 0 Å². The zero-order chi connectivity index (χ0) is 15.9. The molecule has 0 heterocycles. The van der Waals surface area contributed by atoms with Gasteiger partial charge in [0.25, 0.3) is 0 Å². The van der Waals surface area contributed by atoms with Crippen molar-refractivity contribution in [1.82, 2.24) is 0 Å². The fourth-order valence-corrected chi connectivity index (χ4v) is 5.22. The van der Waals surface area contributed by atoms with Gasteiger partial charge in [-0.1, -0.05) is 0 Å². The molecule has 0 saturated carbocycles. The number of rotatable bonds is 7. The molecule has 2 atom stereocenters. The average Bonchev–Trinajstić information content (AvgIpc) is 2.59. The van der Waals surface area contributed by atoms with Crippen LogP contribution in [0.25, 0.3) is 0 Å². The fourth-order valence-electron chi connectivity index (χ4n) is 2.26. The number of hydrogen-bond acceptors (Lipinski definition) is 2. The minimum absolute atomic E-state index is 0.107. The zero-order valence-electron chi connectivity index (χ0n) is 13.7. The first-order chi connectivity index (χ1) is 10.6. The van der Waals surface area contributed by atoms with E-state index < -0.39 is 0 Å². The van der Waals surface area contributed by atoms with Crippen LogP contribution in [0.4, 0.5) is 0 Å². The quantitative estimate of drug-likeness (QED) is 0.510. The van der Waals surface area contributed by atoms with Crippen molar-refractivity contribution in [3.63, 3.8) is 0 Å². The van der Waals surface area contributed by atoms with Crippen molar-refractivity contribution in [1.29, 1.82) is 0 Å². The summed E-state index contributed by atoms with van der Waals surface area (Å²) >= 11 is 0.107. The Morgan fingerprint density at radius 1 is 0.864 bits per heavy atom. The van der Waals surface area contributed by atoms with Gasteiger partial charge in [-0.3, -0.25) is 0 Å². The van der Waals surface area contributed by atoms with Crippen molar-refractivity contribution in [2.45, 2.75) is 23.7 Å². The van der Waals surface area contributed by atoms with Gasteiger partial charge in [0.05, 0.1) is 0 Å². The second-order valence-corrected chi connectivity index (χ2v) is 9.01. The van der Waals surface area contributed by atoms with Gasteiger partial charge < -0.3 is 0 Å². The molecule has 0 radical (unpaired) electrons. The van der Waals surface area contributed by atoms with E-state index in [1.54, 1.807) is 14.2 Å². The molecule has 0 amide bonds. The first-order valence-corrected chi connectivity index (χ1v) is 10.3. The molecule has 0 aromatic heterocycles. The molecule has 0 bridgehead atoms. The first-order valence-electron chi connectivity index (χ1n) is 7.49. The molecule has 0 aliphatic carbocycles. The molecule has 0 aliphatic rings. The molecule has 0 saturated heterocycles.